The van der Waals surface area contributed by atoms with Crippen LogP contribution >= 0.6 is 0 Å². The van der Waals surface area contributed by atoms with E-state index in [1.54, 1.807) is 37.5 Å². The lowest BCUT2D eigenvalue weighted by Crippen LogP contribution is -2.29. The van der Waals surface area contributed by atoms with Gasteiger partial charge in [-0.1, -0.05) is 0 Å². The molecule has 2 aliphatic rings. The van der Waals surface area contributed by atoms with Crippen molar-refractivity contribution in [3.8, 4) is 11.8 Å². The number of piperidine rings is 1. The number of hydrogen-bond acceptors (Lipinski definition) is 7. The fraction of sp³-hybridized carbons (Fsp3) is 0.318. The van der Waals surface area contributed by atoms with Crippen LogP contribution in [0.2, 0.25) is 0 Å². The third-order valence-corrected chi connectivity index (χ3v) is 6.48. The number of H-pyrrole nitrogens is 1. The number of rotatable bonds is 4. The average Bonchev–Trinajstić information content (AvgIpc) is 3.14. The number of pyridine rings is 1. The molecule has 1 aliphatic carbocycles. The van der Waals surface area contributed by atoms with Gasteiger partial charge in [-0.3, -0.25) is 4.98 Å². The van der Waals surface area contributed by atoms with Gasteiger partial charge in [0.25, 0.3) is 0 Å². The third-order valence-electron chi connectivity index (χ3n) is 6.48. The van der Waals surface area contributed by atoms with Gasteiger partial charge in [0.05, 0.1) is 28.2 Å². The minimum Gasteiger partial charge on any atom is -0.423 e. The minimum atomic E-state index is -0.271. The molecule has 0 amide bonds. The van der Waals surface area contributed by atoms with Gasteiger partial charge in [0.1, 0.15) is 23.0 Å². The number of hydrogen-bond donors (Lipinski definition) is 3. The summed E-state index contributed by atoms with van der Waals surface area (Å²) in [6.07, 6.45) is 3.27. The normalized spacial score (nSPS) is 22.2. The Morgan fingerprint density at radius 1 is 1.26 bits per heavy atom. The first-order chi connectivity index (χ1) is 15.0. The van der Waals surface area contributed by atoms with Gasteiger partial charge in [-0.05, 0) is 42.5 Å². The lowest BCUT2D eigenvalue weighted by atomic mass is 10.1. The van der Waals surface area contributed by atoms with Gasteiger partial charge in [-0.15, -0.1) is 0 Å². The fourth-order valence-corrected chi connectivity index (χ4v) is 4.76. The lowest BCUT2D eigenvalue weighted by molar-refractivity contribution is 0.442. The number of anilines is 2. The summed E-state index contributed by atoms with van der Waals surface area (Å²) >= 11 is 0. The second-order valence-corrected chi connectivity index (χ2v) is 8.33. The number of halogens is 1. The highest BCUT2D eigenvalue weighted by atomic mass is 19.1. The molecule has 1 aromatic carbocycles. The molecule has 1 saturated heterocycles. The molecule has 2 unspecified atom stereocenters. The van der Waals surface area contributed by atoms with Crippen LogP contribution in [0.1, 0.15) is 5.56 Å². The Bertz CT molecular complexity index is 1310. The smallest absolute Gasteiger partial charge is 0.326 e. The van der Waals surface area contributed by atoms with E-state index in [2.05, 4.69) is 25.2 Å². The van der Waals surface area contributed by atoms with Crippen molar-refractivity contribution in [2.75, 3.05) is 30.4 Å². The quantitative estimate of drug-likeness (QED) is 0.467. The molecule has 1 saturated carbocycles. The zero-order valence-electron chi connectivity index (χ0n) is 17.2. The van der Waals surface area contributed by atoms with Crippen LogP contribution in [0, 0.1) is 24.6 Å². The molecular formula is C22H22FN7O. The number of nitrogens with one attached hydrogen (secondary N) is 2. The van der Waals surface area contributed by atoms with Gasteiger partial charge in [-0.2, -0.15) is 9.97 Å². The zero-order chi connectivity index (χ0) is 21.3. The standard InChI is InChI=1S/C22H22FN7O/c1-10-6-14(25-2)19-15(17(10)23)16-20(27-19)28-22(31-11-4-3-5-26-7-11)29-21(16)30-8-12-13(9-30)18(12)24/h3-7,12-13,18,25H,8-9,24H2,1-2H3,(H,27,28,29). The highest BCUT2D eigenvalue weighted by molar-refractivity contribution is 6.15. The summed E-state index contributed by atoms with van der Waals surface area (Å²) in [5.41, 5.74) is 8.70. The Balaban J connectivity index is 1.58. The van der Waals surface area contributed by atoms with E-state index in [1.807, 2.05) is 7.05 Å². The largest absolute Gasteiger partial charge is 0.423 e. The molecule has 0 spiro atoms. The second kappa shape index (κ2) is 6.52. The first-order valence-electron chi connectivity index (χ1n) is 10.3. The van der Waals surface area contributed by atoms with E-state index in [1.165, 1.54) is 0 Å². The number of aryl methyl sites for hydroxylation is 1. The van der Waals surface area contributed by atoms with Gasteiger partial charge >= 0.3 is 6.01 Å². The van der Waals surface area contributed by atoms with Gasteiger partial charge in [-0.25, -0.2) is 4.39 Å². The van der Waals surface area contributed by atoms with Crippen molar-refractivity contribution in [3.63, 3.8) is 0 Å². The van der Waals surface area contributed by atoms with Crippen LogP contribution in [0.25, 0.3) is 21.9 Å². The topological polar surface area (TPSA) is 105 Å². The summed E-state index contributed by atoms with van der Waals surface area (Å²) < 4.78 is 21.2. The third kappa shape index (κ3) is 2.73. The number of benzene rings is 1. The lowest BCUT2D eigenvalue weighted by Gasteiger charge is -2.21. The number of nitrogens with zero attached hydrogens (tertiary/aromatic N) is 4. The van der Waals surface area contributed by atoms with Gasteiger partial charge in [0, 0.05) is 32.4 Å². The van der Waals surface area contributed by atoms with Crippen LogP contribution in [-0.2, 0) is 0 Å². The van der Waals surface area contributed by atoms with Crippen molar-refractivity contribution < 1.29 is 9.13 Å². The second-order valence-electron chi connectivity index (χ2n) is 8.33. The van der Waals surface area contributed by atoms with Crippen LogP contribution in [0.4, 0.5) is 15.9 Å². The van der Waals surface area contributed by atoms with Crippen LogP contribution < -0.4 is 20.7 Å². The van der Waals surface area contributed by atoms with Crippen molar-refractivity contribution >= 4 is 33.4 Å². The Morgan fingerprint density at radius 3 is 2.77 bits per heavy atom. The summed E-state index contributed by atoms with van der Waals surface area (Å²) in [5.74, 6) is 1.84. The molecule has 6 rings (SSSR count). The number of ether oxygens (including phenoxy) is 1. The first-order valence-corrected chi connectivity index (χ1v) is 10.3. The van der Waals surface area contributed by atoms with Crippen LogP contribution in [0.15, 0.2) is 30.6 Å². The molecule has 4 aromatic rings. The van der Waals surface area contributed by atoms with Crippen molar-refractivity contribution in [1.82, 2.24) is 19.9 Å². The summed E-state index contributed by atoms with van der Waals surface area (Å²) in [4.78, 5) is 18.8. The number of aromatic nitrogens is 4. The fourth-order valence-electron chi connectivity index (χ4n) is 4.76. The SMILES string of the molecule is CNc1cc(C)c(F)c2c1[nH]c1nc(Oc3cccnc3)nc(N3CC4C(N)C4C3)c12. The molecular weight excluding hydrogens is 397 g/mol. The summed E-state index contributed by atoms with van der Waals surface area (Å²) in [6.45, 7) is 3.35. The Kier molecular flexibility index (Phi) is 3.85. The maximum Gasteiger partial charge on any atom is 0.326 e. The van der Waals surface area contributed by atoms with E-state index < -0.39 is 0 Å². The van der Waals surface area contributed by atoms with Crippen LogP contribution in [-0.4, -0.2) is 46.1 Å². The van der Waals surface area contributed by atoms with Crippen molar-refractivity contribution in [3.05, 3.63) is 42.0 Å². The molecule has 8 nitrogen and oxygen atoms in total. The van der Waals surface area contributed by atoms with Crippen LogP contribution in [0.3, 0.4) is 0 Å². The van der Waals surface area contributed by atoms with Gasteiger partial charge < -0.3 is 25.7 Å². The molecule has 1 aliphatic heterocycles. The Labute approximate surface area is 177 Å². The number of fused-ring (bicyclic) bond motifs is 4. The molecule has 2 fully saturated rings. The molecule has 31 heavy (non-hydrogen) atoms. The summed E-state index contributed by atoms with van der Waals surface area (Å²) in [5, 5.41) is 4.31. The van der Waals surface area contributed by atoms with Crippen molar-refractivity contribution in [1.29, 1.82) is 0 Å². The van der Waals surface area contributed by atoms with E-state index in [-0.39, 0.29) is 17.9 Å². The number of aromatic amines is 1. The highest BCUT2D eigenvalue weighted by Crippen LogP contribution is 2.47. The van der Waals surface area contributed by atoms with Crippen molar-refractivity contribution in [2.45, 2.75) is 13.0 Å². The Hall–Kier alpha value is -3.46. The monoisotopic (exact) mass is 419 g/mol. The predicted octanol–water partition coefficient (Wildman–Crippen LogP) is 3.18. The van der Waals surface area contributed by atoms with E-state index in [9.17, 15) is 0 Å². The maximum atomic E-state index is 15.4. The predicted molar refractivity (Wildman–Crippen MR) is 117 cm³/mol. The van der Waals surface area contributed by atoms with E-state index in [4.69, 9.17) is 15.5 Å². The van der Waals surface area contributed by atoms with E-state index >= 15 is 4.39 Å². The molecule has 0 radical (unpaired) electrons. The first kappa shape index (κ1) is 18.3. The minimum absolute atomic E-state index is 0.190. The van der Waals surface area contributed by atoms with Crippen molar-refractivity contribution in [2.24, 2.45) is 17.6 Å². The summed E-state index contributed by atoms with van der Waals surface area (Å²) in [6, 6.07) is 5.80. The van der Waals surface area contributed by atoms with Gasteiger partial charge in [0.2, 0.25) is 0 Å². The summed E-state index contributed by atoms with van der Waals surface area (Å²) in [7, 11) is 1.82. The highest BCUT2D eigenvalue weighted by Gasteiger charge is 2.54. The molecule has 158 valence electrons. The maximum absolute atomic E-state index is 15.4. The zero-order valence-corrected chi connectivity index (χ0v) is 17.2. The molecule has 9 heteroatoms. The molecule has 3 aromatic heterocycles. The van der Waals surface area contributed by atoms with E-state index in [0.717, 1.165) is 18.8 Å². The average molecular weight is 419 g/mol. The molecule has 0 bridgehead atoms. The van der Waals surface area contributed by atoms with Gasteiger partial charge in [0.15, 0.2) is 0 Å². The number of nitrogens with two attached hydrogens (primary N) is 1. The molecule has 4 N–H and O–H groups in total. The molecule has 2 atom stereocenters. The van der Waals surface area contributed by atoms with E-state index in [0.29, 0.717) is 50.9 Å². The molecule has 4 heterocycles. The van der Waals surface area contributed by atoms with Crippen LogP contribution in [0.5, 0.6) is 11.8 Å². The Morgan fingerprint density at radius 2 is 2.06 bits per heavy atom.